The van der Waals surface area contributed by atoms with Crippen LogP contribution in [0.1, 0.15) is 10.4 Å². The predicted molar refractivity (Wildman–Crippen MR) is 72.2 cm³/mol. The maximum Gasteiger partial charge on any atom is 0.339 e. The predicted octanol–water partition coefficient (Wildman–Crippen LogP) is 0.137. The van der Waals surface area contributed by atoms with E-state index in [9.17, 15) is 21.6 Å². The summed E-state index contributed by atoms with van der Waals surface area (Å²) in [6.07, 6.45) is 0.792. The van der Waals surface area contributed by atoms with E-state index in [0.29, 0.717) is 0 Å². The van der Waals surface area contributed by atoms with Gasteiger partial charge in [-0.15, -0.1) is 0 Å². The Labute approximate surface area is 116 Å². The number of anilines is 1. The molecule has 0 saturated heterocycles. The van der Waals surface area contributed by atoms with Crippen molar-refractivity contribution < 1.29 is 31.5 Å². The Bertz CT molecular complexity index is 722. The first-order chi connectivity index (χ1) is 9.04. The number of ether oxygens (including phenoxy) is 1. The van der Waals surface area contributed by atoms with E-state index in [2.05, 4.69) is 0 Å². The minimum atomic E-state index is -4.09. The number of aromatic carboxylic acids is 1. The fourth-order valence-corrected chi connectivity index (χ4v) is 4.40. The highest BCUT2D eigenvalue weighted by molar-refractivity contribution is 8.08. The van der Waals surface area contributed by atoms with Gasteiger partial charge in [-0.2, -0.15) is 0 Å². The summed E-state index contributed by atoms with van der Waals surface area (Å²) in [6, 6.07) is 3.51. The molecule has 0 aliphatic heterocycles. The minimum Gasteiger partial charge on any atom is -0.496 e. The maximum atomic E-state index is 11.6. The molecule has 0 aliphatic carbocycles. The number of hydrogen-bond acceptors (Lipinski definition) is 6. The molecule has 1 aromatic carbocycles. The number of carboxylic acid groups (broad SMARTS) is 1. The van der Waals surface area contributed by atoms with Crippen molar-refractivity contribution in [3.05, 3.63) is 23.8 Å². The Hall–Kier alpha value is -1.81. The lowest BCUT2D eigenvalue weighted by atomic mass is 10.2. The number of hydrogen-bond donors (Lipinski definition) is 2. The highest BCUT2D eigenvalue weighted by Crippen LogP contribution is 2.24. The number of carbonyl (C=O) groups is 1. The summed E-state index contributed by atoms with van der Waals surface area (Å²) >= 11 is 0. The average Bonchev–Trinajstić information content (AvgIpc) is 2.24. The van der Waals surface area contributed by atoms with E-state index >= 15 is 0 Å². The number of sulfone groups is 1. The Balaban J connectivity index is 3.08. The third-order valence-corrected chi connectivity index (χ3v) is 5.58. The third kappa shape index (κ3) is 4.70. The molecule has 0 amide bonds. The lowest BCUT2D eigenvalue weighted by Crippen LogP contribution is -2.22. The molecule has 0 spiro atoms. The number of rotatable bonds is 6. The van der Waals surface area contributed by atoms with Crippen LogP contribution in [0, 0.1) is 0 Å². The lowest BCUT2D eigenvalue weighted by molar-refractivity contribution is 0.0693. The fraction of sp³-hybridized carbons (Fsp3) is 0.300. The first-order valence-corrected chi connectivity index (χ1v) is 8.85. The van der Waals surface area contributed by atoms with Crippen LogP contribution in [-0.2, 0) is 19.9 Å². The number of benzene rings is 1. The van der Waals surface area contributed by atoms with Crippen LogP contribution >= 0.6 is 0 Å². The maximum absolute atomic E-state index is 11.6. The molecule has 8 nitrogen and oxygen atoms in total. The summed E-state index contributed by atoms with van der Waals surface area (Å²) in [5.41, 5.74) is -0.130. The van der Waals surface area contributed by atoms with Gasteiger partial charge in [0.1, 0.15) is 11.3 Å². The van der Waals surface area contributed by atoms with Crippen molar-refractivity contribution >= 4 is 31.5 Å². The Morgan fingerprint density at radius 1 is 1.30 bits per heavy atom. The second kappa shape index (κ2) is 5.67. The van der Waals surface area contributed by atoms with Crippen LogP contribution in [-0.4, -0.2) is 46.4 Å². The molecule has 1 aromatic rings. The number of nitrogens with one attached hydrogen (secondary N) is 1. The molecule has 0 unspecified atom stereocenters. The van der Waals surface area contributed by atoms with Crippen LogP contribution in [0.4, 0.5) is 5.69 Å². The van der Waals surface area contributed by atoms with Crippen LogP contribution in [0.3, 0.4) is 0 Å². The van der Waals surface area contributed by atoms with Crippen LogP contribution in [0.2, 0.25) is 0 Å². The van der Waals surface area contributed by atoms with Gasteiger partial charge in [-0.25, -0.2) is 21.6 Å². The molecule has 2 N–H and O–H groups in total. The van der Waals surface area contributed by atoms with Gasteiger partial charge in [0.2, 0.25) is 10.0 Å². The van der Waals surface area contributed by atoms with Gasteiger partial charge in [-0.1, -0.05) is 0 Å². The van der Waals surface area contributed by atoms with E-state index in [4.69, 9.17) is 9.84 Å². The summed E-state index contributed by atoms with van der Waals surface area (Å²) < 4.78 is 52.0. The van der Waals surface area contributed by atoms with Crippen molar-refractivity contribution in [2.45, 2.75) is 0 Å². The number of methoxy groups -OCH3 is 1. The summed E-state index contributed by atoms with van der Waals surface area (Å²) in [7, 11) is -6.57. The second-order valence-electron chi connectivity index (χ2n) is 3.98. The molecule has 0 fully saturated rings. The van der Waals surface area contributed by atoms with Gasteiger partial charge in [0.05, 0.1) is 12.8 Å². The van der Waals surface area contributed by atoms with Crippen molar-refractivity contribution in [3.63, 3.8) is 0 Å². The lowest BCUT2D eigenvalue weighted by Gasteiger charge is -2.10. The van der Waals surface area contributed by atoms with Crippen molar-refractivity contribution in [1.29, 1.82) is 0 Å². The van der Waals surface area contributed by atoms with Gasteiger partial charge in [-0.05, 0) is 12.1 Å². The Morgan fingerprint density at radius 3 is 2.35 bits per heavy atom. The van der Waals surface area contributed by atoms with Gasteiger partial charge in [0.25, 0.3) is 0 Å². The van der Waals surface area contributed by atoms with E-state index in [1.165, 1.54) is 13.2 Å². The summed E-state index contributed by atoms with van der Waals surface area (Å²) in [5.74, 6) is -1.27. The number of sulfonamides is 1. The van der Waals surface area contributed by atoms with Crippen LogP contribution in [0.15, 0.2) is 18.2 Å². The average molecular weight is 323 g/mol. The number of carboxylic acids is 1. The van der Waals surface area contributed by atoms with E-state index in [1.807, 2.05) is 4.72 Å². The van der Waals surface area contributed by atoms with Gasteiger partial charge >= 0.3 is 5.97 Å². The quantitative estimate of drug-likeness (QED) is 0.762. The normalized spacial score (nSPS) is 11.9. The van der Waals surface area contributed by atoms with E-state index in [1.54, 1.807) is 0 Å². The van der Waals surface area contributed by atoms with Crippen LogP contribution in [0.5, 0.6) is 5.75 Å². The van der Waals surface area contributed by atoms with E-state index < -0.39 is 30.9 Å². The molecule has 0 atom stereocenters. The van der Waals surface area contributed by atoms with E-state index in [0.717, 1.165) is 18.4 Å². The second-order valence-corrected chi connectivity index (χ2v) is 8.21. The molecule has 0 radical (unpaired) electrons. The molecule has 0 aliphatic rings. The topological polar surface area (TPSA) is 127 Å². The standard InChI is InChI=1S/C10H13NO7S2/c1-18-9-5-7(3-4-8(9)10(12)13)11-20(16,17)6-19(2,14)15/h3-5,11H,6H2,1-2H3,(H,12,13). The van der Waals surface area contributed by atoms with Gasteiger partial charge in [-0.3, -0.25) is 4.72 Å². The molecule has 10 heteroatoms. The Morgan fingerprint density at radius 2 is 1.90 bits per heavy atom. The third-order valence-electron chi connectivity index (χ3n) is 2.07. The molecule has 112 valence electrons. The Kier molecular flexibility index (Phi) is 4.61. The smallest absolute Gasteiger partial charge is 0.339 e. The zero-order chi connectivity index (χ0) is 15.6. The SMILES string of the molecule is COc1cc(NS(=O)(=O)CS(C)(=O)=O)ccc1C(=O)O. The zero-order valence-corrected chi connectivity index (χ0v) is 12.3. The monoisotopic (exact) mass is 323 g/mol. The first kappa shape index (κ1) is 16.2. The largest absolute Gasteiger partial charge is 0.496 e. The minimum absolute atomic E-state index is 0.00972. The van der Waals surface area contributed by atoms with E-state index in [-0.39, 0.29) is 17.0 Å². The molecular formula is C10H13NO7S2. The van der Waals surface area contributed by atoms with Gasteiger partial charge < -0.3 is 9.84 Å². The zero-order valence-electron chi connectivity index (χ0n) is 10.7. The fourth-order valence-electron chi connectivity index (χ4n) is 1.42. The first-order valence-electron chi connectivity index (χ1n) is 5.13. The summed E-state index contributed by atoms with van der Waals surface area (Å²) in [6.45, 7) is 0. The summed E-state index contributed by atoms with van der Waals surface area (Å²) in [4.78, 5) is 10.9. The molecule has 1 rings (SSSR count). The highest BCUT2D eigenvalue weighted by Gasteiger charge is 2.19. The van der Waals surface area contributed by atoms with Gasteiger partial charge in [0.15, 0.2) is 14.9 Å². The van der Waals surface area contributed by atoms with Gasteiger partial charge in [0, 0.05) is 12.3 Å². The molecule has 0 bridgehead atoms. The van der Waals surface area contributed by atoms with Crippen LogP contribution in [0.25, 0.3) is 0 Å². The van der Waals surface area contributed by atoms with Crippen molar-refractivity contribution in [2.24, 2.45) is 0 Å². The molecule has 0 heterocycles. The molecule has 0 saturated carbocycles. The van der Waals surface area contributed by atoms with Crippen molar-refractivity contribution in [1.82, 2.24) is 0 Å². The molecule has 0 aromatic heterocycles. The molecule has 20 heavy (non-hydrogen) atoms. The molecular weight excluding hydrogens is 310 g/mol. The van der Waals surface area contributed by atoms with Crippen molar-refractivity contribution in [2.75, 3.05) is 23.2 Å². The summed E-state index contributed by atoms with van der Waals surface area (Å²) in [5, 5.41) is 7.81. The van der Waals surface area contributed by atoms with Crippen LogP contribution < -0.4 is 9.46 Å². The van der Waals surface area contributed by atoms with Crippen molar-refractivity contribution in [3.8, 4) is 5.75 Å². The highest BCUT2D eigenvalue weighted by atomic mass is 32.3.